The topological polar surface area (TPSA) is 170 Å². The second-order valence-corrected chi connectivity index (χ2v) is 9.96. The van der Waals surface area contributed by atoms with Crippen LogP contribution in [0, 0.1) is 5.41 Å². The van der Waals surface area contributed by atoms with E-state index in [4.69, 9.17) is 20.1 Å². The fourth-order valence-corrected chi connectivity index (χ4v) is 3.17. The first-order valence-corrected chi connectivity index (χ1v) is 12.1. The summed E-state index contributed by atoms with van der Waals surface area (Å²) in [6, 6.07) is 6.65. The fraction of sp³-hybridized carbons (Fsp3) is 0.429. The van der Waals surface area contributed by atoms with Crippen LogP contribution in [0.2, 0.25) is 0 Å². The van der Waals surface area contributed by atoms with Crippen molar-refractivity contribution in [2.75, 3.05) is 12.5 Å². The number of phosphoric ester groups is 1. The average molecular weight is 509 g/mol. The third kappa shape index (κ3) is 7.44. The van der Waals surface area contributed by atoms with Crippen molar-refractivity contribution < 1.29 is 37.8 Å². The van der Waals surface area contributed by atoms with Gasteiger partial charge in [0.2, 0.25) is 6.79 Å². The maximum Gasteiger partial charge on any atom is 0.511 e. The molecular weight excluding hydrogens is 481 g/mol. The number of benzene rings is 1. The summed E-state index contributed by atoms with van der Waals surface area (Å²) in [5.41, 5.74) is 6.69. The number of hydrogen-bond acceptors (Lipinski definition) is 11. The van der Waals surface area contributed by atoms with Crippen LogP contribution >= 0.6 is 7.82 Å². The van der Waals surface area contributed by atoms with Crippen LogP contribution in [0.4, 0.5) is 5.82 Å². The summed E-state index contributed by atoms with van der Waals surface area (Å²) in [4.78, 5) is 38.9. The lowest BCUT2D eigenvalue weighted by Crippen LogP contribution is -2.23. The summed E-state index contributed by atoms with van der Waals surface area (Å²) in [5.74, 6) is -0.154. The Morgan fingerprint density at radius 1 is 1.23 bits per heavy atom. The molecule has 0 amide bonds. The molecule has 13 nitrogen and oxygen atoms in total. The first-order valence-electron chi connectivity index (χ1n) is 10.6. The Hall–Kier alpha value is -3.09. The molecule has 1 aromatic carbocycles. The van der Waals surface area contributed by atoms with Gasteiger partial charge in [-0.2, -0.15) is 0 Å². The van der Waals surface area contributed by atoms with Gasteiger partial charge in [-0.15, -0.1) is 0 Å². The number of nitrogens with zero attached hydrogens (tertiary/aromatic N) is 4. The smallest absolute Gasteiger partial charge is 0.437 e. The van der Waals surface area contributed by atoms with Gasteiger partial charge in [0, 0.05) is 5.56 Å². The maximum absolute atomic E-state index is 12.0. The number of rotatable bonds is 11. The van der Waals surface area contributed by atoms with Crippen LogP contribution in [0.25, 0.3) is 11.2 Å². The van der Waals surface area contributed by atoms with Gasteiger partial charge in [-0.3, -0.25) is 4.79 Å². The Bertz CT molecular complexity index is 1210. The fourth-order valence-electron chi connectivity index (χ4n) is 2.77. The number of para-hydroxylation sites is 1. The van der Waals surface area contributed by atoms with E-state index in [1.54, 1.807) is 49.9 Å². The highest BCUT2D eigenvalue weighted by atomic mass is 31.2. The molecule has 190 valence electrons. The van der Waals surface area contributed by atoms with Gasteiger partial charge in [-0.25, -0.2) is 24.0 Å². The van der Waals surface area contributed by atoms with Crippen LogP contribution in [-0.2, 0) is 41.2 Å². The highest BCUT2D eigenvalue weighted by Crippen LogP contribution is 2.44. The number of hydrogen-bond donors (Lipinski definition) is 2. The van der Waals surface area contributed by atoms with Gasteiger partial charge in [-0.05, 0) is 33.8 Å². The van der Waals surface area contributed by atoms with E-state index < -0.39 is 26.0 Å². The van der Waals surface area contributed by atoms with Gasteiger partial charge in [0.1, 0.15) is 11.8 Å². The zero-order chi connectivity index (χ0) is 25.6. The zero-order valence-corrected chi connectivity index (χ0v) is 20.7. The number of aromatic nitrogens is 4. The molecule has 0 radical (unpaired) electrons. The molecule has 2 unspecified atom stereocenters. The second kappa shape index (κ2) is 11.1. The van der Waals surface area contributed by atoms with Gasteiger partial charge < -0.3 is 29.6 Å². The molecule has 0 spiro atoms. The van der Waals surface area contributed by atoms with Gasteiger partial charge in [0.25, 0.3) is 0 Å². The van der Waals surface area contributed by atoms with Crippen molar-refractivity contribution in [3.63, 3.8) is 0 Å². The lowest BCUT2D eigenvalue weighted by atomic mass is 9.98. The van der Waals surface area contributed by atoms with Crippen LogP contribution in [0.1, 0.15) is 33.3 Å². The molecule has 14 heteroatoms. The zero-order valence-electron chi connectivity index (χ0n) is 19.8. The first-order chi connectivity index (χ1) is 16.5. The summed E-state index contributed by atoms with van der Waals surface area (Å²) in [7, 11) is -4.66. The van der Waals surface area contributed by atoms with Gasteiger partial charge in [0.15, 0.2) is 17.2 Å². The number of nitrogens with two attached hydrogens (primary N) is 1. The number of imidazole rings is 1. The third-order valence-electron chi connectivity index (χ3n) is 4.62. The van der Waals surface area contributed by atoms with E-state index in [-0.39, 0.29) is 18.5 Å². The van der Waals surface area contributed by atoms with Crippen molar-refractivity contribution >= 4 is 30.8 Å². The number of carbonyl (C=O) groups is 1. The Balaban J connectivity index is 1.52. The predicted octanol–water partition coefficient (Wildman–Crippen LogP) is 2.99. The molecule has 0 aliphatic rings. The maximum atomic E-state index is 12.0. The molecule has 0 bridgehead atoms. The van der Waals surface area contributed by atoms with E-state index in [1.807, 2.05) is 6.92 Å². The molecule has 3 N–H and O–H groups in total. The van der Waals surface area contributed by atoms with Gasteiger partial charge in [-0.1, -0.05) is 22.9 Å². The van der Waals surface area contributed by atoms with Crippen molar-refractivity contribution in [1.29, 1.82) is 0 Å². The molecule has 35 heavy (non-hydrogen) atoms. The van der Waals surface area contributed by atoms with Crippen LogP contribution in [0.3, 0.4) is 0 Å². The number of ether oxygens (including phenoxy) is 2. The number of fused-ring (bicyclic) bond motifs is 1. The Kier molecular flexibility index (Phi) is 8.41. The monoisotopic (exact) mass is 509 g/mol. The number of esters is 1. The van der Waals surface area contributed by atoms with E-state index >= 15 is 0 Å². The number of phosphoric acid groups is 1. The normalized spacial score (nSPS) is 14.4. The van der Waals surface area contributed by atoms with Crippen LogP contribution in [0.5, 0.6) is 5.75 Å². The van der Waals surface area contributed by atoms with Crippen LogP contribution in [-0.4, -0.2) is 43.3 Å². The average Bonchev–Trinajstić information content (AvgIpc) is 3.20. The number of anilines is 1. The molecule has 2 atom stereocenters. The van der Waals surface area contributed by atoms with E-state index in [0.29, 0.717) is 29.1 Å². The molecule has 0 saturated carbocycles. The van der Waals surface area contributed by atoms with Crippen molar-refractivity contribution in [2.24, 2.45) is 5.41 Å². The number of carbonyl (C=O) groups excluding carboxylic acids is 1. The van der Waals surface area contributed by atoms with Crippen molar-refractivity contribution in [2.45, 2.75) is 47.0 Å². The minimum absolute atomic E-state index is 0.115. The summed E-state index contributed by atoms with van der Waals surface area (Å²) < 4.78 is 33.7. The van der Waals surface area contributed by atoms with Crippen molar-refractivity contribution in [3.8, 4) is 5.75 Å². The SMILES string of the molecule is CC(Cn1cnc2c(N)ncnc21)OCc1ccccc1OOP(=O)(O)OCOC(=O)C(C)(C)C. The molecule has 2 aromatic heterocycles. The van der Waals surface area contributed by atoms with Crippen molar-refractivity contribution in [3.05, 3.63) is 42.5 Å². The largest absolute Gasteiger partial charge is 0.511 e. The third-order valence-corrected chi connectivity index (χ3v) is 5.31. The molecule has 0 fully saturated rings. The summed E-state index contributed by atoms with van der Waals surface area (Å²) >= 11 is 0. The molecule has 0 aliphatic carbocycles. The van der Waals surface area contributed by atoms with E-state index in [9.17, 15) is 14.3 Å². The second-order valence-electron chi connectivity index (χ2n) is 8.61. The molecule has 0 saturated heterocycles. The number of nitrogen functional groups attached to an aromatic ring is 1. The summed E-state index contributed by atoms with van der Waals surface area (Å²) in [6.07, 6.45) is 2.72. The van der Waals surface area contributed by atoms with Gasteiger partial charge >= 0.3 is 13.8 Å². The van der Waals surface area contributed by atoms with Gasteiger partial charge in [0.05, 0.1) is 31.0 Å². The predicted molar refractivity (Wildman–Crippen MR) is 123 cm³/mol. The Morgan fingerprint density at radius 2 is 1.97 bits per heavy atom. The minimum Gasteiger partial charge on any atom is -0.437 e. The highest BCUT2D eigenvalue weighted by molar-refractivity contribution is 7.47. The molecule has 3 rings (SSSR count). The van der Waals surface area contributed by atoms with E-state index in [1.165, 1.54) is 12.4 Å². The Labute approximate surface area is 201 Å². The Morgan fingerprint density at radius 3 is 2.71 bits per heavy atom. The minimum atomic E-state index is -4.66. The highest BCUT2D eigenvalue weighted by Gasteiger charge is 2.28. The molecule has 3 aromatic rings. The quantitative estimate of drug-likeness (QED) is 0.127. The molecule has 2 heterocycles. The standard InChI is InChI=1S/C21H28N5O8P/c1-14(9-26-12-25-17-18(22)23-11-24-19(17)26)30-10-15-7-5-6-8-16(15)33-34-35(28,29)32-13-31-20(27)21(2,3)4/h5-8,11-12,14H,9-10,13H2,1-4H3,(H,28,29)(H2,22,23,24). The van der Waals surface area contributed by atoms with Crippen LogP contribution in [0.15, 0.2) is 36.9 Å². The van der Waals surface area contributed by atoms with Crippen molar-refractivity contribution in [1.82, 2.24) is 19.5 Å². The van der Waals surface area contributed by atoms with E-state index in [2.05, 4.69) is 24.2 Å². The lowest BCUT2D eigenvalue weighted by molar-refractivity contribution is -0.166. The lowest BCUT2D eigenvalue weighted by Gasteiger charge is -2.18. The molecule has 0 aliphatic heterocycles. The summed E-state index contributed by atoms with van der Waals surface area (Å²) in [6.45, 7) is 6.56. The van der Waals surface area contributed by atoms with Crippen LogP contribution < -0.4 is 10.6 Å². The summed E-state index contributed by atoms with van der Waals surface area (Å²) in [5, 5.41) is 0. The van der Waals surface area contributed by atoms with E-state index in [0.717, 1.165) is 0 Å². The molecular formula is C21H28N5O8P. The first kappa shape index (κ1) is 26.5.